The molecule has 0 saturated heterocycles. The van der Waals surface area contributed by atoms with Crippen molar-refractivity contribution in [3.63, 3.8) is 0 Å². The molecule has 4 rings (SSSR count). The molecule has 7 nitrogen and oxygen atoms in total. The largest absolute Gasteiger partial charge is 0.421 e. The first kappa shape index (κ1) is 21.5. The van der Waals surface area contributed by atoms with E-state index in [2.05, 4.69) is 20.8 Å². The molecule has 2 amide bonds. The Morgan fingerprint density at radius 3 is 2.59 bits per heavy atom. The van der Waals surface area contributed by atoms with E-state index in [-0.39, 0.29) is 48.0 Å². The Morgan fingerprint density at radius 1 is 1.06 bits per heavy atom. The molecule has 2 N–H and O–H groups in total. The Hall–Kier alpha value is -3.69. The van der Waals surface area contributed by atoms with Gasteiger partial charge in [-0.3, -0.25) is 9.59 Å². The number of anilines is 1. The number of carbonyl (C=O) groups excluding carboxylic acids is 2. The van der Waals surface area contributed by atoms with Gasteiger partial charge < -0.3 is 15.1 Å². The van der Waals surface area contributed by atoms with E-state index in [4.69, 9.17) is 4.42 Å². The van der Waals surface area contributed by atoms with Crippen molar-refractivity contribution < 1.29 is 27.2 Å². The first-order chi connectivity index (χ1) is 15.3. The van der Waals surface area contributed by atoms with Crippen LogP contribution in [0.3, 0.4) is 0 Å². The molecule has 32 heavy (non-hydrogen) atoms. The van der Waals surface area contributed by atoms with Gasteiger partial charge in [0.2, 0.25) is 17.7 Å². The summed E-state index contributed by atoms with van der Waals surface area (Å²) in [5, 5.41) is 13.2. The molecule has 1 aromatic heterocycles. The monoisotopic (exact) mass is 444 g/mol. The van der Waals surface area contributed by atoms with Crippen molar-refractivity contribution in [3.05, 3.63) is 65.5 Å². The van der Waals surface area contributed by atoms with Crippen LogP contribution in [-0.4, -0.2) is 28.1 Å². The standard InChI is InChI=1S/C22H19F3N4O3/c23-22(24,25)15-5-1-4-14(11-15)21-29-28-19(32-21)10-9-18(30)26-17-6-2-3-13(12-17)20(31)27-16-7-8-16/h1-6,11-12,16H,7-10H2,(H,26,30)(H,27,31). The molecular formula is C22H19F3N4O3. The van der Waals surface area contributed by atoms with Crippen molar-refractivity contribution >= 4 is 17.5 Å². The number of carbonyl (C=O) groups is 2. The van der Waals surface area contributed by atoms with Crippen molar-refractivity contribution in [1.82, 2.24) is 15.5 Å². The molecule has 1 aliphatic carbocycles. The number of hydrogen-bond donors (Lipinski definition) is 2. The highest BCUT2D eigenvalue weighted by atomic mass is 19.4. The zero-order valence-electron chi connectivity index (χ0n) is 16.8. The predicted molar refractivity (Wildman–Crippen MR) is 109 cm³/mol. The van der Waals surface area contributed by atoms with Crippen LogP contribution in [0, 0.1) is 0 Å². The van der Waals surface area contributed by atoms with Crippen molar-refractivity contribution in [2.75, 3.05) is 5.32 Å². The van der Waals surface area contributed by atoms with Crippen molar-refractivity contribution in [3.8, 4) is 11.5 Å². The molecule has 1 aliphatic rings. The number of nitrogens with one attached hydrogen (secondary N) is 2. The lowest BCUT2D eigenvalue weighted by Crippen LogP contribution is -2.25. The van der Waals surface area contributed by atoms with Gasteiger partial charge in [0.1, 0.15) is 0 Å². The third kappa shape index (κ3) is 5.51. The molecule has 0 bridgehead atoms. The van der Waals surface area contributed by atoms with Gasteiger partial charge in [-0.1, -0.05) is 12.1 Å². The molecule has 10 heteroatoms. The highest BCUT2D eigenvalue weighted by molar-refractivity contribution is 5.97. The van der Waals surface area contributed by atoms with Crippen LogP contribution in [0.5, 0.6) is 0 Å². The minimum Gasteiger partial charge on any atom is -0.421 e. The van der Waals surface area contributed by atoms with E-state index in [1.54, 1.807) is 24.3 Å². The summed E-state index contributed by atoms with van der Waals surface area (Å²) in [7, 11) is 0. The van der Waals surface area contributed by atoms with Crippen LogP contribution in [0.2, 0.25) is 0 Å². The summed E-state index contributed by atoms with van der Waals surface area (Å²) in [5.74, 6) is -0.439. The average molecular weight is 444 g/mol. The molecule has 0 unspecified atom stereocenters. The summed E-state index contributed by atoms with van der Waals surface area (Å²) < 4.78 is 44.0. The van der Waals surface area contributed by atoms with E-state index < -0.39 is 11.7 Å². The first-order valence-corrected chi connectivity index (χ1v) is 9.99. The maximum Gasteiger partial charge on any atom is 0.416 e. The Labute approximate surface area is 181 Å². The quantitative estimate of drug-likeness (QED) is 0.569. The molecule has 1 saturated carbocycles. The number of benzene rings is 2. The molecule has 0 radical (unpaired) electrons. The second kappa shape index (κ2) is 8.81. The Bertz CT molecular complexity index is 1140. The number of alkyl halides is 3. The second-order valence-electron chi connectivity index (χ2n) is 7.46. The fraction of sp³-hybridized carbons (Fsp3) is 0.273. The van der Waals surface area contributed by atoms with Gasteiger partial charge in [-0.2, -0.15) is 13.2 Å². The molecule has 0 atom stereocenters. The maximum atomic E-state index is 12.9. The number of nitrogens with zero attached hydrogens (tertiary/aromatic N) is 2. The van der Waals surface area contributed by atoms with Gasteiger partial charge in [-0.05, 0) is 49.2 Å². The van der Waals surface area contributed by atoms with Crippen LogP contribution in [0.15, 0.2) is 52.9 Å². The summed E-state index contributed by atoms with van der Waals surface area (Å²) in [6.07, 6.45) is -2.39. The molecule has 1 heterocycles. The lowest BCUT2D eigenvalue weighted by Gasteiger charge is -2.07. The van der Waals surface area contributed by atoms with Gasteiger partial charge in [0.15, 0.2) is 0 Å². The highest BCUT2D eigenvalue weighted by Crippen LogP contribution is 2.31. The van der Waals surface area contributed by atoms with E-state index in [1.165, 1.54) is 12.1 Å². The summed E-state index contributed by atoms with van der Waals surface area (Å²) in [5.41, 5.74) is 0.262. The van der Waals surface area contributed by atoms with Crippen molar-refractivity contribution in [2.24, 2.45) is 0 Å². The van der Waals surface area contributed by atoms with E-state index in [0.29, 0.717) is 11.3 Å². The van der Waals surface area contributed by atoms with E-state index in [9.17, 15) is 22.8 Å². The molecule has 0 spiro atoms. The van der Waals surface area contributed by atoms with Gasteiger partial charge >= 0.3 is 6.18 Å². The number of hydrogen-bond acceptors (Lipinski definition) is 5. The van der Waals surface area contributed by atoms with Crippen molar-refractivity contribution in [1.29, 1.82) is 0 Å². The summed E-state index contributed by atoms with van der Waals surface area (Å²) >= 11 is 0. The average Bonchev–Trinajstić information content (AvgIpc) is 3.45. The smallest absolute Gasteiger partial charge is 0.416 e. The number of aryl methyl sites for hydroxylation is 1. The molecule has 2 aromatic carbocycles. The van der Waals surface area contributed by atoms with Crippen LogP contribution in [0.1, 0.15) is 41.1 Å². The van der Waals surface area contributed by atoms with Crippen LogP contribution in [0.25, 0.3) is 11.5 Å². The predicted octanol–water partition coefficient (Wildman–Crippen LogP) is 4.22. The topological polar surface area (TPSA) is 97.1 Å². The Balaban J connectivity index is 1.33. The second-order valence-corrected chi connectivity index (χ2v) is 7.46. The third-order valence-corrected chi connectivity index (χ3v) is 4.79. The van der Waals surface area contributed by atoms with Crippen molar-refractivity contribution in [2.45, 2.75) is 37.9 Å². The normalized spacial score (nSPS) is 13.6. The summed E-state index contributed by atoms with van der Waals surface area (Å²) in [6.45, 7) is 0. The highest BCUT2D eigenvalue weighted by Gasteiger charge is 2.31. The van der Waals surface area contributed by atoms with Crippen LogP contribution in [-0.2, 0) is 17.4 Å². The SMILES string of the molecule is O=C(CCc1nnc(-c2cccc(C(F)(F)F)c2)o1)Nc1cccc(C(=O)NC2CC2)c1. The fourth-order valence-electron chi connectivity index (χ4n) is 2.98. The minimum absolute atomic E-state index is 0.0166. The number of aromatic nitrogens is 2. The number of halogens is 3. The van der Waals surface area contributed by atoms with Crippen LogP contribution in [0.4, 0.5) is 18.9 Å². The van der Waals surface area contributed by atoms with Gasteiger partial charge in [-0.15, -0.1) is 10.2 Å². The molecule has 3 aromatic rings. The lowest BCUT2D eigenvalue weighted by atomic mass is 10.1. The lowest BCUT2D eigenvalue weighted by molar-refractivity contribution is -0.137. The molecule has 1 fully saturated rings. The van der Waals surface area contributed by atoms with E-state index in [1.807, 2.05) is 0 Å². The zero-order valence-corrected chi connectivity index (χ0v) is 16.8. The summed E-state index contributed by atoms with van der Waals surface area (Å²) in [4.78, 5) is 24.4. The first-order valence-electron chi connectivity index (χ1n) is 9.99. The van der Waals surface area contributed by atoms with Gasteiger partial charge in [0.05, 0.1) is 5.56 Å². The third-order valence-electron chi connectivity index (χ3n) is 4.79. The van der Waals surface area contributed by atoms with Gasteiger partial charge in [0.25, 0.3) is 5.91 Å². The fourth-order valence-corrected chi connectivity index (χ4v) is 2.98. The maximum absolute atomic E-state index is 12.9. The molecular weight excluding hydrogens is 425 g/mol. The summed E-state index contributed by atoms with van der Waals surface area (Å²) in [6, 6.07) is 11.4. The molecule has 0 aliphatic heterocycles. The van der Waals surface area contributed by atoms with E-state index >= 15 is 0 Å². The van der Waals surface area contributed by atoms with Gasteiger partial charge in [-0.25, -0.2) is 0 Å². The van der Waals surface area contributed by atoms with Crippen LogP contribution < -0.4 is 10.6 Å². The molecule has 166 valence electrons. The number of amides is 2. The Kier molecular flexibility index (Phi) is 5.93. The minimum atomic E-state index is -4.48. The van der Waals surface area contributed by atoms with Gasteiger partial charge in [0, 0.05) is 35.7 Å². The zero-order chi connectivity index (χ0) is 22.7. The van der Waals surface area contributed by atoms with Crippen LogP contribution >= 0.6 is 0 Å². The number of rotatable bonds is 7. The van der Waals surface area contributed by atoms with E-state index in [0.717, 1.165) is 25.0 Å². The Morgan fingerprint density at radius 2 is 1.84 bits per heavy atom.